The van der Waals surface area contributed by atoms with Crippen LogP contribution in [0.15, 0.2) is 5.38 Å². The molecule has 0 spiro atoms. The summed E-state index contributed by atoms with van der Waals surface area (Å²) < 4.78 is 16.9. The van der Waals surface area contributed by atoms with Gasteiger partial charge in [0.05, 0.1) is 11.4 Å². The average Bonchev–Trinajstić information content (AvgIpc) is 2.73. The quantitative estimate of drug-likeness (QED) is 0.757. The van der Waals surface area contributed by atoms with Crippen LogP contribution in [-0.4, -0.2) is 22.1 Å². The number of hydrogen-bond donors (Lipinski definition) is 0. The second kappa shape index (κ2) is 7.14. The normalized spacial score (nSPS) is 14.9. The number of nitrogens with zero attached hydrogens (tertiary/aromatic N) is 1. The van der Waals surface area contributed by atoms with E-state index in [1.54, 1.807) is 18.4 Å². The lowest BCUT2D eigenvalue weighted by Crippen LogP contribution is -2.02. The van der Waals surface area contributed by atoms with Crippen LogP contribution in [0.3, 0.4) is 0 Å². The third-order valence-corrected chi connectivity index (χ3v) is 4.72. The standard InChI is InChI=1S/C11H19NO2S2/c1-4-5-6-16(13)8-10-7-15-11(12-10)9(2)14-3/h7,9H,4-6,8H2,1-3H3/t9-,16+/m1/s1. The van der Waals surface area contributed by atoms with Crippen molar-refractivity contribution in [3.63, 3.8) is 0 Å². The van der Waals surface area contributed by atoms with E-state index in [1.807, 2.05) is 12.3 Å². The average molecular weight is 261 g/mol. The molecule has 0 unspecified atom stereocenters. The Morgan fingerprint density at radius 1 is 1.62 bits per heavy atom. The molecule has 0 saturated heterocycles. The van der Waals surface area contributed by atoms with Crippen LogP contribution in [0, 0.1) is 0 Å². The maximum absolute atomic E-state index is 11.7. The minimum atomic E-state index is -0.769. The summed E-state index contributed by atoms with van der Waals surface area (Å²) in [6.45, 7) is 4.08. The van der Waals surface area contributed by atoms with Gasteiger partial charge in [-0.15, -0.1) is 11.3 Å². The first kappa shape index (κ1) is 13.8. The Kier molecular flexibility index (Phi) is 6.16. The topological polar surface area (TPSA) is 39.2 Å². The molecular weight excluding hydrogens is 242 g/mol. The molecule has 3 nitrogen and oxygen atoms in total. The predicted octanol–water partition coefficient (Wildman–Crippen LogP) is 2.90. The molecule has 1 heterocycles. The maximum atomic E-state index is 11.7. The van der Waals surface area contributed by atoms with Gasteiger partial charge in [0, 0.05) is 29.0 Å². The van der Waals surface area contributed by atoms with E-state index in [-0.39, 0.29) is 6.10 Å². The van der Waals surface area contributed by atoms with Gasteiger partial charge in [-0.2, -0.15) is 0 Å². The second-order valence-corrected chi connectivity index (χ2v) is 6.16. The van der Waals surface area contributed by atoms with Crippen molar-refractivity contribution in [1.82, 2.24) is 4.98 Å². The molecule has 0 radical (unpaired) electrons. The summed E-state index contributed by atoms with van der Waals surface area (Å²) in [6.07, 6.45) is 2.15. The van der Waals surface area contributed by atoms with Crippen molar-refractivity contribution in [1.29, 1.82) is 0 Å². The van der Waals surface area contributed by atoms with E-state index in [9.17, 15) is 4.21 Å². The molecule has 92 valence electrons. The number of methoxy groups -OCH3 is 1. The van der Waals surface area contributed by atoms with E-state index in [1.165, 1.54) is 0 Å². The Morgan fingerprint density at radius 2 is 2.38 bits per heavy atom. The van der Waals surface area contributed by atoms with Gasteiger partial charge < -0.3 is 4.74 Å². The van der Waals surface area contributed by atoms with Crippen LogP contribution in [0.4, 0.5) is 0 Å². The van der Waals surface area contributed by atoms with E-state index >= 15 is 0 Å². The molecule has 2 atom stereocenters. The molecular formula is C11H19NO2S2. The molecule has 1 aromatic heterocycles. The first-order chi connectivity index (χ1) is 7.67. The molecule has 1 rings (SSSR count). The monoisotopic (exact) mass is 261 g/mol. The summed E-state index contributed by atoms with van der Waals surface area (Å²) in [5.41, 5.74) is 0.929. The molecule has 0 N–H and O–H groups in total. The van der Waals surface area contributed by atoms with Crippen LogP contribution in [0.2, 0.25) is 0 Å². The van der Waals surface area contributed by atoms with Crippen molar-refractivity contribution in [3.8, 4) is 0 Å². The van der Waals surface area contributed by atoms with Crippen molar-refractivity contribution in [2.75, 3.05) is 12.9 Å². The first-order valence-corrected chi connectivity index (χ1v) is 7.86. The number of rotatable bonds is 7. The lowest BCUT2D eigenvalue weighted by molar-refractivity contribution is 0.119. The van der Waals surface area contributed by atoms with Crippen LogP contribution in [-0.2, 0) is 21.3 Å². The molecule has 0 bridgehead atoms. The number of aromatic nitrogens is 1. The largest absolute Gasteiger partial charge is 0.375 e. The zero-order valence-electron chi connectivity index (χ0n) is 10.1. The Hall–Kier alpha value is -0.260. The molecule has 0 aromatic carbocycles. The lowest BCUT2D eigenvalue weighted by atomic mass is 10.4. The zero-order valence-corrected chi connectivity index (χ0v) is 11.7. The van der Waals surface area contributed by atoms with Crippen LogP contribution in [0.5, 0.6) is 0 Å². The Bertz CT molecular complexity index is 338. The summed E-state index contributed by atoms with van der Waals surface area (Å²) in [7, 11) is 0.902. The van der Waals surface area contributed by atoms with Crippen LogP contribution in [0.1, 0.15) is 43.5 Å². The molecule has 16 heavy (non-hydrogen) atoms. The van der Waals surface area contributed by atoms with Crippen molar-refractivity contribution in [2.45, 2.75) is 38.5 Å². The second-order valence-electron chi connectivity index (χ2n) is 3.70. The Morgan fingerprint density at radius 3 is 3.00 bits per heavy atom. The Balaban J connectivity index is 2.48. The minimum absolute atomic E-state index is 0.0304. The summed E-state index contributed by atoms with van der Waals surface area (Å²) in [6, 6.07) is 0. The van der Waals surface area contributed by atoms with Gasteiger partial charge in [0.25, 0.3) is 0 Å². The van der Waals surface area contributed by atoms with Gasteiger partial charge in [-0.3, -0.25) is 4.21 Å². The third-order valence-electron chi connectivity index (χ3n) is 2.31. The summed E-state index contributed by atoms with van der Waals surface area (Å²) in [5, 5.41) is 2.94. The van der Waals surface area contributed by atoms with Crippen LogP contribution in [0.25, 0.3) is 0 Å². The fraction of sp³-hybridized carbons (Fsp3) is 0.727. The lowest BCUT2D eigenvalue weighted by Gasteiger charge is -2.03. The summed E-state index contributed by atoms with van der Waals surface area (Å²) in [5.74, 6) is 1.36. The fourth-order valence-corrected chi connectivity index (χ4v) is 3.41. The van der Waals surface area contributed by atoms with Crippen LogP contribution >= 0.6 is 11.3 Å². The summed E-state index contributed by atoms with van der Waals surface area (Å²) >= 11 is 1.58. The van der Waals surface area contributed by atoms with Gasteiger partial charge in [0.15, 0.2) is 0 Å². The van der Waals surface area contributed by atoms with Gasteiger partial charge in [-0.1, -0.05) is 13.3 Å². The molecule has 0 aliphatic heterocycles. The van der Waals surface area contributed by atoms with Crippen molar-refractivity contribution >= 4 is 22.1 Å². The smallest absolute Gasteiger partial charge is 0.122 e. The molecule has 0 aliphatic carbocycles. The first-order valence-electron chi connectivity index (χ1n) is 5.49. The fourth-order valence-electron chi connectivity index (χ4n) is 1.22. The van der Waals surface area contributed by atoms with E-state index < -0.39 is 10.8 Å². The SMILES string of the molecule is CCCC[S@](=O)Cc1csc([C@@H](C)OC)n1. The van der Waals surface area contributed by atoms with E-state index in [4.69, 9.17) is 4.74 Å². The number of thiazole rings is 1. The molecule has 1 aromatic rings. The molecule has 0 fully saturated rings. The highest BCUT2D eigenvalue weighted by molar-refractivity contribution is 7.84. The number of hydrogen-bond acceptors (Lipinski definition) is 4. The highest BCUT2D eigenvalue weighted by Gasteiger charge is 2.10. The summed E-state index contributed by atoms with van der Waals surface area (Å²) in [4.78, 5) is 4.43. The highest BCUT2D eigenvalue weighted by atomic mass is 32.2. The van der Waals surface area contributed by atoms with Gasteiger partial charge in [-0.05, 0) is 13.3 Å². The molecule has 0 amide bonds. The van der Waals surface area contributed by atoms with Crippen molar-refractivity contribution in [3.05, 3.63) is 16.1 Å². The van der Waals surface area contributed by atoms with E-state index in [0.29, 0.717) is 5.75 Å². The van der Waals surface area contributed by atoms with Gasteiger partial charge in [-0.25, -0.2) is 4.98 Å². The molecule has 0 saturated carbocycles. The van der Waals surface area contributed by atoms with Gasteiger partial charge >= 0.3 is 0 Å². The molecule has 0 aliphatic rings. The highest BCUT2D eigenvalue weighted by Crippen LogP contribution is 2.21. The third kappa shape index (κ3) is 4.31. The maximum Gasteiger partial charge on any atom is 0.122 e. The van der Waals surface area contributed by atoms with E-state index in [0.717, 1.165) is 29.3 Å². The van der Waals surface area contributed by atoms with Gasteiger partial charge in [0.1, 0.15) is 11.1 Å². The van der Waals surface area contributed by atoms with Crippen molar-refractivity contribution < 1.29 is 8.95 Å². The van der Waals surface area contributed by atoms with Crippen LogP contribution < -0.4 is 0 Å². The number of unbranched alkanes of at least 4 members (excludes halogenated alkanes) is 1. The Labute approximate surface area is 104 Å². The van der Waals surface area contributed by atoms with Gasteiger partial charge in [0.2, 0.25) is 0 Å². The van der Waals surface area contributed by atoms with E-state index in [2.05, 4.69) is 11.9 Å². The molecule has 5 heteroatoms. The number of ether oxygens (including phenoxy) is 1. The predicted molar refractivity (Wildman–Crippen MR) is 69.2 cm³/mol. The zero-order chi connectivity index (χ0) is 12.0. The minimum Gasteiger partial charge on any atom is -0.375 e. The van der Waals surface area contributed by atoms with Crippen molar-refractivity contribution in [2.24, 2.45) is 0 Å².